The number of nitrogens with two attached hydrogens (primary N) is 1. The zero-order valence-electron chi connectivity index (χ0n) is 11.0. The maximum absolute atomic E-state index is 11.6. The topological polar surface area (TPSA) is 84.6 Å². The van der Waals surface area contributed by atoms with Crippen molar-refractivity contribution >= 4 is 5.91 Å². The molecule has 1 unspecified atom stereocenters. The molecule has 0 fully saturated rings. The number of carbonyl (C=O) groups excluding carboxylic acids is 1. The van der Waals surface area contributed by atoms with E-state index >= 15 is 0 Å². The van der Waals surface area contributed by atoms with Crippen LogP contribution < -0.4 is 11.1 Å². The lowest BCUT2D eigenvalue weighted by molar-refractivity contribution is -0.121. The number of nitrogens with one attached hydrogen (secondary N) is 1. The Morgan fingerprint density at radius 3 is 2.74 bits per heavy atom. The molecular weight excluding hydrogens is 244 g/mol. The fourth-order valence-corrected chi connectivity index (χ4v) is 1.66. The Labute approximate surface area is 113 Å². The number of aliphatic hydroxyl groups is 1. The molecule has 0 radical (unpaired) electrons. The standard InChI is InChI=1S/C14H22N2O3/c15-13(12-5-2-1-3-6-12)11-14(18)16-7-4-9-19-10-8-17/h1-3,5-6,13,17H,4,7-11,15H2,(H,16,18). The normalized spacial score (nSPS) is 12.1. The van der Waals surface area contributed by atoms with Gasteiger partial charge >= 0.3 is 0 Å². The summed E-state index contributed by atoms with van der Waals surface area (Å²) in [6.07, 6.45) is 1.01. The van der Waals surface area contributed by atoms with Crippen molar-refractivity contribution in [2.75, 3.05) is 26.4 Å². The van der Waals surface area contributed by atoms with Crippen LogP contribution in [0.4, 0.5) is 0 Å². The number of carbonyl (C=O) groups is 1. The van der Waals surface area contributed by atoms with Gasteiger partial charge in [-0.05, 0) is 12.0 Å². The number of hydrogen-bond donors (Lipinski definition) is 3. The van der Waals surface area contributed by atoms with Crippen LogP contribution in [-0.4, -0.2) is 37.4 Å². The molecule has 1 aromatic rings. The number of hydrogen-bond acceptors (Lipinski definition) is 4. The first-order valence-corrected chi connectivity index (χ1v) is 6.50. The van der Waals surface area contributed by atoms with Crippen molar-refractivity contribution < 1.29 is 14.6 Å². The maximum atomic E-state index is 11.6. The Balaban J connectivity index is 2.14. The summed E-state index contributed by atoms with van der Waals surface area (Å²) in [6.45, 7) is 1.46. The second-order valence-corrected chi connectivity index (χ2v) is 4.26. The van der Waals surface area contributed by atoms with E-state index in [1.807, 2.05) is 30.3 Å². The van der Waals surface area contributed by atoms with Gasteiger partial charge in [-0.15, -0.1) is 0 Å². The molecule has 0 spiro atoms. The molecule has 4 N–H and O–H groups in total. The lowest BCUT2D eigenvalue weighted by Crippen LogP contribution is -2.28. The Bertz CT molecular complexity index is 357. The average Bonchev–Trinajstić information content (AvgIpc) is 2.43. The minimum absolute atomic E-state index is 0.0261. The van der Waals surface area contributed by atoms with Crippen LogP contribution in [0.3, 0.4) is 0 Å². The molecule has 5 nitrogen and oxygen atoms in total. The van der Waals surface area contributed by atoms with Gasteiger partial charge in [-0.3, -0.25) is 4.79 Å². The minimum Gasteiger partial charge on any atom is -0.394 e. The van der Waals surface area contributed by atoms with Gasteiger partial charge in [0.05, 0.1) is 13.2 Å². The highest BCUT2D eigenvalue weighted by atomic mass is 16.5. The molecule has 0 bridgehead atoms. The lowest BCUT2D eigenvalue weighted by Gasteiger charge is -2.12. The van der Waals surface area contributed by atoms with Crippen LogP contribution in [0.5, 0.6) is 0 Å². The third-order valence-corrected chi connectivity index (χ3v) is 2.66. The van der Waals surface area contributed by atoms with E-state index in [1.54, 1.807) is 0 Å². The molecule has 0 aliphatic carbocycles. The molecular formula is C14H22N2O3. The first kappa shape index (κ1) is 15.6. The van der Waals surface area contributed by atoms with Crippen molar-refractivity contribution in [1.82, 2.24) is 5.32 Å². The zero-order valence-corrected chi connectivity index (χ0v) is 11.0. The minimum atomic E-state index is -0.271. The predicted octanol–water partition coefficient (Wildman–Crippen LogP) is 0.592. The van der Waals surface area contributed by atoms with E-state index in [2.05, 4.69) is 5.32 Å². The van der Waals surface area contributed by atoms with Gasteiger partial charge in [0, 0.05) is 25.6 Å². The van der Waals surface area contributed by atoms with E-state index in [0.717, 1.165) is 12.0 Å². The van der Waals surface area contributed by atoms with Gasteiger partial charge in [0.15, 0.2) is 0 Å². The summed E-state index contributed by atoms with van der Waals surface area (Å²) in [5.74, 6) is -0.0569. The average molecular weight is 266 g/mol. The molecule has 0 aliphatic heterocycles. The van der Waals surface area contributed by atoms with E-state index in [0.29, 0.717) is 19.8 Å². The second-order valence-electron chi connectivity index (χ2n) is 4.26. The number of rotatable bonds is 9. The summed E-state index contributed by atoms with van der Waals surface area (Å²) < 4.78 is 5.09. The van der Waals surface area contributed by atoms with Crippen LogP contribution in [0.1, 0.15) is 24.4 Å². The fourth-order valence-electron chi connectivity index (χ4n) is 1.66. The van der Waals surface area contributed by atoms with Crippen LogP contribution in [0.15, 0.2) is 30.3 Å². The summed E-state index contributed by atoms with van der Waals surface area (Å²) in [4.78, 5) is 11.6. The Hall–Kier alpha value is -1.43. The van der Waals surface area contributed by atoms with Crippen molar-refractivity contribution in [3.63, 3.8) is 0 Å². The summed E-state index contributed by atoms with van der Waals surface area (Å²) in [5.41, 5.74) is 6.91. The highest BCUT2D eigenvalue weighted by Crippen LogP contribution is 2.12. The van der Waals surface area contributed by atoms with E-state index in [1.165, 1.54) is 0 Å². The molecule has 19 heavy (non-hydrogen) atoms. The Morgan fingerprint density at radius 2 is 2.05 bits per heavy atom. The van der Waals surface area contributed by atoms with Crippen molar-refractivity contribution in [2.45, 2.75) is 18.9 Å². The summed E-state index contributed by atoms with van der Waals surface area (Å²) in [5, 5.41) is 11.3. The van der Waals surface area contributed by atoms with Crippen LogP contribution in [0.25, 0.3) is 0 Å². The summed E-state index contributed by atoms with van der Waals surface area (Å²) >= 11 is 0. The number of aliphatic hydroxyl groups excluding tert-OH is 1. The Morgan fingerprint density at radius 1 is 1.32 bits per heavy atom. The van der Waals surface area contributed by atoms with Crippen LogP contribution in [0.2, 0.25) is 0 Å². The summed E-state index contributed by atoms with van der Waals surface area (Å²) in [6, 6.07) is 9.30. The fraction of sp³-hybridized carbons (Fsp3) is 0.500. The van der Waals surface area contributed by atoms with Crippen LogP contribution in [-0.2, 0) is 9.53 Å². The monoisotopic (exact) mass is 266 g/mol. The van der Waals surface area contributed by atoms with Gasteiger partial charge in [0.1, 0.15) is 0 Å². The van der Waals surface area contributed by atoms with Gasteiger partial charge in [-0.2, -0.15) is 0 Å². The van der Waals surface area contributed by atoms with E-state index in [9.17, 15) is 4.79 Å². The van der Waals surface area contributed by atoms with Gasteiger partial charge in [0.25, 0.3) is 0 Å². The molecule has 0 aromatic heterocycles. The SMILES string of the molecule is NC(CC(=O)NCCCOCCO)c1ccccc1. The van der Waals surface area contributed by atoms with E-state index in [-0.39, 0.29) is 25.0 Å². The predicted molar refractivity (Wildman–Crippen MR) is 73.5 cm³/mol. The summed E-state index contributed by atoms with van der Waals surface area (Å²) in [7, 11) is 0. The molecule has 1 rings (SSSR count). The number of benzene rings is 1. The highest BCUT2D eigenvalue weighted by Gasteiger charge is 2.10. The van der Waals surface area contributed by atoms with Crippen LogP contribution >= 0.6 is 0 Å². The lowest BCUT2D eigenvalue weighted by atomic mass is 10.0. The van der Waals surface area contributed by atoms with Gasteiger partial charge in [0.2, 0.25) is 5.91 Å². The largest absolute Gasteiger partial charge is 0.394 e. The third kappa shape index (κ3) is 6.91. The molecule has 0 aliphatic rings. The van der Waals surface area contributed by atoms with Crippen molar-refractivity contribution in [3.8, 4) is 0 Å². The first-order chi connectivity index (χ1) is 9.24. The third-order valence-electron chi connectivity index (χ3n) is 2.66. The van der Waals surface area contributed by atoms with Gasteiger partial charge in [-0.25, -0.2) is 0 Å². The van der Waals surface area contributed by atoms with Crippen LogP contribution in [0, 0.1) is 0 Å². The molecule has 106 valence electrons. The van der Waals surface area contributed by atoms with Crippen molar-refractivity contribution in [2.24, 2.45) is 5.73 Å². The van der Waals surface area contributed by atoms with E-state index in [4.69, 9.17) is 15.6 Å². The van der Waals surface area contributed by atoms with Crippen molar-refractivity contribution in [3.05, 3.63) is 35.9 Å². The molecule has 1 aromatic carbocycles. The molecule has 1 atom stereocenters. The van der Waals surface area contributed by atoms with E-state index < -0.39 is 0 Å². The Kier molecular flexibility index (Phi) is 7.81. The molecule has 1 amide bonds. The zero-order chi connectivity index (χ0) is 13.9. The first-order valence-electron chi connectivity index (χ1n) is 6.50. The number of ether oxygens (including phenoxy) is 1. The molecule has 0 saturated heterocycles. The molecule has 0 saturated carbocycles. The molecule has 0 heterocycles. The maximum Gasteiger partial charge on any atom is 0.221 e. The molecule has 5 heteroatoms. The smallest absolute Gasteiger partial charge is 0.221 e. The second kappa shape index (κ2) is 9.49. The van der Waals surface area contributed by atoms with Gasteiger partial charge in [-0.1, -0.05) is 30.3 Å². The van der Waals surface area contributed by atoms with Gasteiger partial charge < -0.3 is 20.9 Å². The number of amides is 1. The van der Waals surface area contributed by atoms with Crippen molar-refractivity contribution in [1.29, 1.82) is 0 Å². The quantitative estimate of drug-likeness (QED) is 0.571. The highest BCUT2D eigenvalue weighted by molar-refractivity contribution is 5.76.